The summed E-state index contributed by atoms with van der Waals surface area (Å²) in [6.45, 7) is 1.74. The number of likely N-dealkylation sites (tertiary alicyclic amines) is 1. The molecule has 2 fully saturated rings. The molecule has 1 aliphatic heterocycles. The maximum Gasteiger partial charge on any atom is 0.246 e. The lowest BCUT2D eigenvalue weighted by molar-refractivity contribution is -0.125. The average Bonchev–Trinajstić information content (AvgIpc) is 3.05. The van der Waals surface area contributed by atoms with E-state index < -0.39 is 0 Å². The van der Waals surface area contributed by atoms with E-state index in [4.69, 9.17) is 5.73 Å². The van der Waals surface area contributed by atoms with Crippen LogP contribution in [0, 0.1) is 11.8 Å². The zero-order valence-electron chi connectivity index (χ0n) is 11.0. The summed E-state index contributed by atoms with van der Waals surface area (Å²) in [4.78, 5) is 15.3. The lowest BCUT2D eigenvalue weighted by atomic mass is 9.78. The Kier molecular flexibility index (Phi) is 3.71. The molecule has 3 unspecified atom stereocenters. The minimum Gasteiger partial charge on any atom is -0.339 e. The van der Waals surface area contributed by atoms with Crippen molar-refractivity contribution in [3.05, 3.63) is 28.5 Å². The van der Waals surface area contributed by atoms with Crippen LogP contribution < -0.4 is 5.73 Å². The van der Waals surface area contributed by atoms with E-state index in [1.807, 2.05) is 28.5 Å². The van der Waals surface area contributed by atoms with E-state index in [0.717, 1.165) is 24.4 Å². The molecule has 1 amide bonds. The van der Waals surface area contributed by atoms with E-state index in [1.54, 1.807) is 17.4 Å². The highest BCUT2D eigenvalue weighted by atomic mass is 32.1. The fourth-order valence-corrected chi connectivity index (χ4v) is 3.96. The summed E-state index contributed by atoms with van der Waals surface area (Å²) in [6.07, 6.45) is 7.18. The first-order valence-corrected chi connectivity index (χ1v) is 7.88. The minimum atomic E-state index is 0.134. The first-order chi connectivity index (χ1) is 9.24. The Morgan fingerprint density at radius 2 is 2.32 bits per heavy atom. The Morgan fingerprint density at radius 1 is 1.42 bits per heavy atom. The number of carbonyl (C=O) groups excluding carboxylic acids is 1. The van der Waals surface area contributed by atoms with Crippen LogP contribution in [-0.2, 0) is 4.79 Å². The molecule has 0 bridgehead atoms. The molecule has 1 aliphatic carbocycles. The highest BCUT2D eigenvalue weighted by molar-refractivity contribution is 7.10. The second-order valence-electron chi connectivity index (χ2n) is 5.61. The molecule has 1 saturated heterocycles. The molecule has 0 radical (unpaired) electrons. The van der Waals surface area contributed by atoms with E-state index in [-0.39, 0.29) is 11.9 Å². The normalized spacial score (nSPS) is 30.8. The fraction of sp³-hybridized carbons (Fsp3) is 0.533. The van der Waals surface area contributed by atoms with Crippen LogP contribution in [0.1, 0.15) is 24.1 Å². The first-order valence-electron chi connectivity index (χ1n) is 7.00. The molecule has 3 rings (SSSR count). The maximum atomic E-state index is 12.2. The van der Waals surface area contributed by atoms with Crippen molar-refractivity contribution in [3.63, 3.8) is 0 Å². The van der Waals surface area contributed by atoms with E-state index in [0.29, 0.717) is 11.8 Å². The number of thiophene rings is 1. The van der Waals surface area contributed by atoms with Crippen LogP contribution in [0.2, 0.25) is 0 Å². The van der Waals surface area contributed by atoms with Crippen molar-refractivity contribution in [2.24, 2.45) is 17.6 Å². The van der Waals surface area contributed by atoms with E-state index in [9.17, 15) is 4.79 Å². The summed E-state index contributed by atoms with van der Waals surface area (Å²) in [6, 6.07) is 4.31. The lowest BCUT2D eigenvalue weighted by Crippen LogP contribution is -2.38. The number of fused-ring (bicyclic) bond motifs is 1. The Bertz CT molecular complexity index is 468. The predicted octanol–water partition coefficient (Wildman–Crippen LogP) is 2.35. The molecule has 1 aromatic rings. The molecule has 2 heterocycles. The SMILES string of the molecule is NC1CCCC2CN(C(=O)/C=C/c3cccs3)CC12. The number of hydrogen-bond acceptors (Lipinski definition) is 3. The van der Waals surface area contributed by atoms with Gasteiger partial charge in [-0.25, -0.2) is 0 Å². The van der Waals surface area contributed by atoms with Gasteiger partial charge in [-0.05, 0) is 42.2 Å². The van der Waals surface area contributed by atoms with Gasteiger partial charge in [-0.2, -0.15) is 0 Å². The van der Waals surface area contributed by atoms with Gasteiger partial charge in [0.15, 0.2) is 0 Å². The van der Waals surface area contributed by atoms with Crippen LogP contribution >= 0.6 is 11.3 Å². The molecule has 0 aromatic carbocycles. The second-order valence-corrected chi connectivity index (χ2v) is 6.59. The third-order valence-electron chi connectivity index (χ3n) is 4.40. The van der Waals surface area contributed by atoms with Crippen molar-refractivity contribution in [2.75, 3.05) is 13.1 Å². The van der Waals surface area contributed by atoms with Crippen LogP contribution in [0.25, 0.3) is 6.08 Å². The molecule has 0 spiro atoms. The van der Waals surface area contributed by atoms with Gasteiger partial charge < -0.3 is 10.6 Å². The smallest absolute Gasteiger partial charge is 0.246 e. The second kappa shape index (κ2) is 5.47. The summed E-state index contributed by atoms with van der Waals surface area (Å²) in [5, 5.41) is 2.02. The Labute approximate surface area is 118 Å². The van der Waals surface area contributed by atoms with E-state index in [2.05, 4.69) is 0 Å². The van der Waals surface area contributed by atoms with Gasteiger partial charge in [-0.3, -0.25) is 4.79 Å². The molecular formula is C15H20N2OS. The third-order valence-corrected chi connectivity index (χ3v) is 5.24. The number of carbonyl (C=O) groups is 1. The van der Waals surface area contributed by atoms with Gasteiger partial charge in [0.25, 0.3) is 0 Å². The standard InChI is InChI=1S/C15H20N2OS/c16-14-5-1-3-11-9-17(10-13(11)14)15(18)7-6-12-4-2-8-19-12/h2,4,6-8,11,13-14H,1,3,5,9-10,16H2/b7-6+. The van der Waals surface area contributed by atoms with Crippen molar-refractivity contribution < 1.29 is 4.79 Å². The predicted molar refractivity (Wildman–Crippen MR) is 78.7 cm³/mol. The molecule has 1 saturated carbocycles. The zero-order valence-corrected chi connectivity index (χ0v) is 11.8. The molecule has 19 heavy (non-hydrogen) atoms. The van der Waals surface area contributed by atoms with Gasteiger partial charge in [0, 0.05) is 30.1 Å². The quantitative estimate of drug-likeness (QED) is 0.843. The highest BCUT2D eigenvalue weighted by Gasteiger charge is 2.39. The number of rotatable bonds is 2. The molecular weight excluding hydrogens is 256 g/mol. The zero-order chi connectivity index (χ0) is 13.2. The number of hydrogen-bond donors (Lipinski definition) is 1. The molecule has 4 heteroatoms. The minimum absolute atomic E-state index is 0.134. The number of nitrogens with zero attached hydrogens (tertiary/aromatic N) is 1. The fourth-order valence-electron chi connectivity index (χ4n) is 3.34. The number of amides is 1. The summed E-state index contributed by atoms with van der Waals surface area (Å²) in [5.41, 5.74) is 6.18. The van der Waals surface area contributed by atoms with Crippen LogP contribution in [0.4, 0.5) is 0 Å². The number of nitrogens with two attached hydrogens (primary N) is 1. The van der Waals surface area contributed by atoms with Gasteiger partial charge in [0.1, 0.15) is 0 Å². The molecule has 1 aromatic heterocycles. The Morgan fingerprint density at radius 3 is 3.05 bits per heavy atom. The van der Waals surface area contributed by atoms with E-state index in [1.165, 1.54) is 12.8 Å². The van der Waals surface area contributed by atoms with Crippen LogP contribution in [0.3, 0.4) is 0 Å². The van der Waals surface area contributed by atoms with E-state index >= 15 is 0 Å². The van der Waals surface area contributed by atoms with Gasteiger partial charge in [0.2, 0.25) is 5.91 Å². The van der Waals surface area contributed by atoms with Gasteiger partial charge in [-0.15, -0.1) is 11.3 Å². The summed E-state index contributed by atoms with van der Waals surface area (Å²) < 4.78 is 0. The first kappa shape index (κ1) is 12.9. The molecule has 2 N–H and O–H groups in total. The van der Waals surface area contributed by atoms with Crippen molar-refractivity contribution >= 4 is 23.3 Å². The summed E-state index contributed by atoms with van der Waals surface area (Å²) in [5.74, 6) is 1.28. The average molecular weight is 276 g/mol. The van der Waals surface area contributed by atoms with Gasteiger partial charge >= 0.3 is 0 Å². The van der Waals surface area contributed by atoms with Crippen LogP contribution in [0.5, 0.6) is 0 Å². The summed E-state index contributed by atoms with van der Waals surface area (Å²) in [7, 11) is 0. The van der Waals surface area contributed by atoms with Crippen molar-refractivity contribution in [1.29, 1.82) is 0 Å². The third kappa shape index (κ3) is 2.74. The highest BCUT2D eigenvalue weighted by Crippen LogP contribution is 2.35. The van der Waals surface area contributed by atoms with Gasteiger partial charge in [-0.1, -0.05) is 12.5 Å². The van der Waals surface area contributed by atoms with Crippen molar-refractivity contribution in [1.82, 2.24) is 4.90 Å². The molecule has 102 valence electrons. The van der Waals surface area contributed by atoms with Crippen molar-refractivity contribution in [3.8, 4) is 0 Å². The lowest BCUT2D eigenvalue weighted by Gasteiger charge is -2.29. The van der Waals surface area contributed by atoms with Gasteiger partial charge in [0.05, 0.1) is 0 Å². The monoisotopic (exact) mass is 276 g/mol. The summed E-state index contributed by atoms with van der Waals surface area (Å²) >= 11 is 1.65. The molecule has 3 nitrogen and oxygen atoms in total. The maximum absolute atomic E-state index is 12.2. The van der Waals surface area contributed by atoms with Crippen LogP contribution in [0.15, 0.2) is 23.6 Å². The molecule has 2 aliphatic rings. The Hall–Kier alpha value is -1.13. The largest absolute Gasteiger partial charge is 0.339 e. The van der Waals surface area contributed by atoms with Crippen LogP contribution in [-0.4, -0.2) is 29.9 Å². The topological polar surface area (TPSA) is 46.3 Å². The molecule has 3 atom stereocenters. The van der Waals surface area contributed by atoms with Crippen molar-refractivity contribution in [2.45, 2.75) is 25.3 Å². The Balaban J connectivity index is 1.62.